The first-order valence-corrected chi connectivity index (χ1v) is 9.06. The highest BCUT2D eigenvalue weighted by Crippen LogP contribution is 2.34. The first-order chi connectivity index (χ1) is 12.0. The van der Waals surface area contributed by atoms with Gasteiger partial charge in [0.1, 0.15) is 16.9 Å². The van der Waals surface area contributed by atoms with Crippen molar-refractivity contribution in [2.75, 3.05) is 13.2 Å². The summed E-state index contributed by atoms with van der Waals surface area (Å²) < 4.78 is 17.0. The van der Waals surface area contributed by atoms with Gasteiger partial charge in [0.05, 0.1) is 0 Å². The molecule has 0 spiro atoms. The van der Waals surface area contributed by atoms with Crippen LogP contribution in [0.15, 0.2) is 25.8 Å². The van der Waals surface area contributed by atoms with Gasteiger partial charge in [0, 0.05) is 41.2 Å². The van der Waals surface area contributed by atoms with Gasteiger partial charge in [0.15, 0.2) is 0 Å². The van der Waals surface area contributed by atoms with E-state index in [-0.39, 0.29) is 5.63 Å². The summed E-state index contributed by atoms with van der Waals surface area (Å²) in [6, 6.07) is 3.65. The number of hydrogen-bond acceptors (Lipinski definition) is 4. The molecule has 4 nitrogen and oxygen atoms in total. The second kappa shape index (κ2) is 7.44. The number of hydrogen-bond donors (Lipinski definition) is 0. The number of fused-ring (bicyclic) bond motifs is 2. The van der Waals surface area contributed by atoms with Gasteiger partial charge in [-0.3, -0.25) is 0 Å². The Labute approximate surface area is 147 Å². The summed E-state index contributed by atoms with van der Waals surface area (Å²) in [7, 11) is 0. The van der Waals surface area contributed by atoms with E-state index in [2.05, 4.69) is 13.0 Å². The van der Waals surface area contributed by atoms with Crippen molar-refractivity contribution >= 4 is 21.9 Å². The highest BCUT2D eigenvalue weighted by atomic mass is 16.5. The van der Waals surface area contributed by atoms with Gasteiger partial charge in [-0.15, -0.1) is 0 Å². The average Bonchev–Trinajstić information content (AvgIpc) is 2.88. The quantitative estimate of drug-likeness (QED) is 0.437. The third-order valence-corrected chi connectivity index (χ3v) is 4.74. The van der Waals surface area contributed by atoms with Gasteiger partial charge in [-0.1, -0.05) is 6.92 Å². The zero-order valence-corrected chi connectivity index (χ0v) is 15.5. The molecule has 0 N–H and O–H groups in total. The van der Waals surface area contributed by atoms with Crippen LogP contribution in [0.25, 0.3) is 21.9 Å². The van der Waals surface area contributed by atoms with E-state index in [4.69, 9.17) is 13.6 Å². The molecular weight excluding hydrogens is 316 g/mol. The molecule has 2 heterocycles. The predicted molar refractivity (Wildman–Crippen MR) is 101 cm³/mol. The molecule has 0 amide bonds. The molecule has 134 valence electrons. The third-order valence-electron chi connectivity index (χ3n) is 4.74. The Bertz CT molecular complexity index is 946. The zero-order chi connectivity index (χ0) is 18.0. The molecular formula is C21H26O4. The van der Waals surface area contributed by atoms with Crippen LogP contribution in [0.4, 0.5) is 0 Å². The predicted octanol–water partition coefficient (Wildman–Crippen LogP) is 5.21. The van der Waals surface area contributed by atoms with Crippen LogP contribution in [0.3, 0.4) is 0 Å². The maximum absolute atomic E-state index is 11.7. The summed E-state index contributed by atoms with van der Waals surface area (Å²) in [6.07, 6.45) is 4.15. The fraction of sp³-hybridized carbons (Fsp3) is 0.476. The number of benzene rings is 1. The van der Waals surface area contributed by atoms with Gasteiger partial charge in [-0.2, -0.15) is 0 Å². The van der Waals surface area contributed by atoms with E-state index in [9.17, 15) is 4.79 Å². The van der Waals surface area contributed by atoms with E-state index in [1.165, 1.54) is 5.56 Å². The van der Waals surface area contributed by atoms with Crippen LogP contribution >= 0.6 is 0 Å². The van der Waals surface area contributed by atoms with Crippen LogP contribution in [0.2, 0.25) is 0 Å². The van der Waals surface area contributed by atoms with Crippen LogP contribution in [-0.2, 0) is 11.2 Å². The van der Waals surface area contributed by atoms with Gasteiger partial charge in [0.2, 0.25) is 0 Å². The summed E-state index contributed by atoms with van der Waals surface area (Å²) >= 11 is 0. The molecule has 0 aliphatic heterocycles. The molecule has 0 radical (unpaired) electrons. The molecule has 0 fully saturated rings. The first-order valence-electron chi connectivity index (χ1n) is 9.06. The fourth-order valence-electron chi connectivity index (χ4n) is 3.41. The standard InChI is InChI=1S/C21H26O4/c1-5-9-23-10-7-6-8-16-15(4)24-21-14(3)20-17(12-18(16)21)13(2)11-19(22)25-20/h11-12H,5-10H2,1-4H3. The second-order valence-corrected chi connectivity index (χ2v) is 6.71. The Morgan fingerprint density at radius 3 is 2.48 bits per heavy atom. The van der Waals surface area contributed by atoms with Crippen molar-refractivity contribution in [3.63, 3.8) is 0 Å². The van der Waals surface area contributed by atoms with Crippen molar-refractivity contribution < 1.29 is 13.6 Å². The molecule has 2 aromatic heterocycles. The molecule has 0 unspecified atom stereocenters. The average molecular weight is 342 g/mol. The maximum atomic E-state index is 11.7. The first kappa shape index (κ1) is 17.7. The maximum Gasteiger partial charge on any atom is 0.336 e. The molecule has 0 saturated carbocycles. The number of unbranched alkanes of at least 4 members (excludes halogenated alkanes) is 1. The summed E-state index contributed by atoms with van der Waals surface area (Å²) in [4.78, 5) is 11.7. The van der Waals surface area contributed by atoms with Crippen molar-refractivity contribution in [2.45, 2.75) is 53.4 Å². The van der Waals surface area contributed by atoms with Crippen LogP contribution in [0, 0.1) is 20.8 Å². The molecule has 3 rings (SSSR count). The fourth-order valence-corrected chi connectivity index (χ4v) is 3.41. The molecule has 1 aromatic carbocycles. The lowest BCUT2D eigenvalue weighted by atomic mass is 9.99. The summed E-state index contributed by atoms with van der Waals surface area (Å²) in [6.45, 7) is 9.69. The minimum absolute atomic E-state index is 0.317. The van der Waals surface area contributed by atoms with Gasteiger partial charge >= 0.3 is 5.63 Å². The van der Waals surface area contributed by atoms with E-state index in [0.717, 1.165) is 72.1 Å². The normalized spacial score (nSPS) is 11.7. The van der Waals surface area contributed by atoms with Crippen molar-refractivity contribution in [1.82, 2.24) is 0 Å². The molecule has 0 aliphatic rings. The lowest BCUT2D eigenvalue weighted by Gasteiger charge is -2.06. The summed E-state index contributed by atoms with van der Waals surface area (Å²) in [5.41, 5.74) is 4.23. The highest BCUT2D eigenvalue weighted by molar-refractivity contribution is 5.99. The molecule has 4 heteroatoms. The Hall–Kier alpha value is -2.07. The number of ether oxygens (including phenoxy) is 1. The number of aryl methyl sites for hydroxylation is 4. The van der Waals surface area contributed by atoms with Crippen LogP contribution < -0.4 is 5.63 Å². The lowest BCUT2D eigenvalue weighted by Crippen LogP contribution is -1.99. The molecule has 0 saturated heterocycles. The van der Waals surface area contributed by atoms with E-state index < -0.39 is 0 Å². The largest absolute Gasteiger partial charge is 0.461 e. The molecule has 0 atom stereocenters. The van der Waals surface area contributed by atoms with E-state index in [0.29, 0.717) is 5.58 Å². The van der Waals surface area contributed by atoms with Crippen LogP contribution in [0.1, 0.15) is 48.6 Å². The minimum atomic E-state index is -0.317. The van der Waals surface area contributed by atoms with Crippen molar-refractivity contribution in [2.24, 2.45) is 0 Å². The van der Waals surface area contributed by atoms with Crippen molar-refractivity contribution in [3.05, 3.63) is 45.0 Å². The molecule has 0 aliphatic carbocycles. The van der Waals surface area contributed by atoms with Crippen LogP contribution in [0.5, 0.6) is 0 Å². The highest BCUT2D eigenvalue weighted by Gasteiger charge is 2.17. The SMILES string of the molecule is CCCOCCCCc1c(C)oc2c(C)c3oc(=O)cc(C)c3cc12. The van der Waals surface area contributed by atoms with E-state index >= 15 is 0 Å². The zero-order valence-electron chi connectivity index (χ0n) is 15.5. The Balaban J connectivity index is 1.94. The Kier molecular flexibility index (Phi) is 5.28. The number of rotatable bonds is 7. The van der Waals surface area contributed by atoms with E-state index in [1.54, 1.807) is 6.07 Å². The van der Waals surface area contributed by atoms with E-state index in [1.807, 2.05) is 20.8 Å². The molecule has 0 bridgehead atoms. The minimum Gasteiger partial charge on any atom is -0.461 e. The van der Waals surface area contributed by atoms with Gasteiger partial charge in [-0.05, 0) is 58.1 Å². The molecule has 25 heavy (non-hydrogen) atoms. The van der Waals surface area contributed by atoms with Crippen molar-refractivity contribution in [1.29, 1.82) is 0 Å². The van der Waals surface area contributed by atoms with Crippen molar-refractivity contribution in [3.8, 4) is 0 Å². The topological polar surface area (TPSA) is 52.6 Å². The Morgan fingerprint density at radius 2 is 1.72 bits per heavy atom. The monoisotopic (exact) mass is 342 g/mol. The Morgan fingerprint density at radius 1 is 0.960 bits per heavy atom. The van der Waals surface area contributed by atoms with Gasteiger partial charge in [-0.25, -0.2) is 4.79 Å². The summed E-state index contributed by atoms with van der Waals surface area (Å²) in [5, 5.41) is 2.12. The molecule has 3 aromatic rings. The third kappa shape index (κ3) is 3.49. The van der Waals surface area contributed by atoms with Crippen LogP contribution in [-0.4, -0.2) is 13.2 Å². The number of furan rings is 1. The summed E-state index contributed by atoms with van der Waals surface area (Å²) in [5.74, 6) is 0.947. The van der Waals surface area contributed by atoms with Gasteiger partial charge < -0.3 is 13.6 Å². The lowest BCUT2D eigenvalue weighted by molar-refractivity contribution is 0.131. The second-order valence-electron chi connectivity index (χ2n) is 6.71. The smallest absolute Gasteiger partial charge is 0.336 e. The van der Waals surface area contributed by atoms with Gasteiger partial charge in [0.25, 0.3) is 0 Å².